The molecule has 1 amide bonds. The lowest BCUT2D eigenvalue weighted by atomic mass is 10.2. The van der Waals surface area contributed by atoms with Crippen LogP contribution in [0.2, 0.25) is 0 Å². The van der Waals surface area contributed by atoms with E-state index in [4.69, 9.17) is 10.5 Å². The largest absolute Gasteiger partial charge is 0.452 e. The zero-order chi connectivity index (χ0) is 13.7. The van der Waals surface area contributed by atoms with Gasteiger partial charge < -0.3 is 15.8 Å². The SMILES string of the molecule is CC(C)NC(=O)COC(=O)c1cc(N)cc(Br)c1. The topological polar surface area (TPSA) is 81.4 Å². The molecule has 6 heteroatoms. The van der Waals surface area contributed by atoms with Crippen molar-refractivity contribution in [2.45, 2.75) is 19.9 Å². The van der Waals surface area contributed by atoms with Gasteiger partial charge >= 0.3 is 5.97 Å². The van der Waals surface area contributed by atoms with E-state index in [1.54, 1.807) is 12.1 Å². The molecule has 0 aliphatic rings. The highest BCUT2D eigenvalue weighted by Gasteiger charge is 2.11. The lowest BCUT2D eigenvalue weighted by molar-refractivity contribution is -0.124. The van der Waals surface area contributed by atoms with Crippen molar-refractivity contribution in [3.05, 3.63) is 28.2 Å². The van der Waals surface area contributed by atoms with E-state index in [0.717, 1.165) is 0 Å². The third-order valence-corrected chi connectivity index (χ3v) is 2.40. The van der Waals surface area contributed by atoms with Gasteiger partial charge in [-0.05, 0) is 32.0 Å². The fourth-order valence-corrected chi connectivity index (χ4v) is 1.82. The Morgan fingerprint density at radius 3 is 2.61 bits per heavy atom. The van der Waals surface area contributed by atoms with E-state index in [1.165, 1.54) is 6.07 Å². The number of ether oxygens (including phenoxy) is 1. The molecule has 0 saturated carbocycles. The normalized spacial score (nSPS) is 10.2. The van der Waals surface area contributed by atoms with E-state index < -0.39 is 5.97 Å². The van der Waals surface area contributed by atoms with Crippen LogP contribution in [0.4, 0.5) is 5.69 Å². The maximum absolute atomic E-state index is 11.7. The number of amides is 1. The molecule has 1 rings (SSSR count). The molecule has 1 aromatic rings. The average molecular weight is 315 g/mol. The molecule has 0 aromatic heterocycles. The molecule has 0 aliphatic heterocycles. The van der Waals surface area contributed by atoms with Crippen LogP contribution in [0.15, 0.2) is 22.7 Å². The Hall–Kier alpha value is -1.56. The van der Waals surface area contributed by atoms with Gasteiger partial charge in [0.1, 0.15) is 0 Å². The monoisotopic (exact) mass is 314 g/mol. The van der Waals surface area contributed by atoms with Crippen molar-refractivity contribution in [1.82, 2.24) is 5.32 Å². The molecule has 0 radical (unpaired) electrons. The predicted octanol–water partition coefficient (Wildman–Crippen LogP) is 1.71. The summed E-state index contributed by atoms with van der Waals surface area (Å²) < 4.78 is 5.55. The summed E-state index contributed by atoms with van der Waals surface area (Å²) in [4.78, 5) is 23.0. The van der Waals surface area contributed by atoms with E-state index in [0.29, 0.717) is 15.7 Å². The summed E-state index contributed by atoms with van der Waals surface area (Å²) in [5, 5.41) is 2.62. The standard InChI is InChI=1S/C12H15BrN2O3/c1-7(2)15-11(16)6-18-12(17)8-3-9(13)5-10(14)4-8/h3-5,7H,6,14H2,1-2H3,(H,15,16). The molecule has 5 nitrogen and oxygen atoms in total. The van der Waals surface area contributed by atoms with E-state index in [1.807, 2.05) is 13.8 Å². The van der Waals surface area contributed by atoms with Gasteiger partial charge in [0, 0.05) is 16.2 Å². The molecule has 98 valence electrons. The number of benzene rings is 1. The number of carbonyl (C=O) groups excluding carboxylic acids is 2. The number of nitrogens with one attached hydrogen (secondary N) is 1. The first kappa shape index (κ1) is 14.5. The van der Waals surface area contributed by atoms with Gasteiger partial charge in [-0.15, -0.1) is 0 Å². The van der Waals surface area contributed by atoms with Crippen LogP contribution >= 0.6 is 15.9 Å². The number of halogens is 1. The molecule has 0 bridgehead atoms. The maximum Gasteiger partial charge on any atom is 0.338 e. The number of hydrogen-bond donors (Lipinski definition) is 2. The van der Waals surface area contributed by atoms with E-state index in [2.05, 4.69) is 21.2 Å². The highest BCUT2D eigenvalue weighted by Crippen LogP contribution is 2.17. The van der Waals surface area contributed by atoms with Crippen LogP contribution in [0.5, 0.6) is 0 Å². The van der Waals surface area contributed by atoms with Crippen molar-refractivity contribution in [1.29, 1.82) is 0 Å². The zero-order valence-electron chi connectivity index (χ0n) is 10.2. The minimum atomic E-state index is -0.582. The first-order chi connectivity index (χ1) is 8.38. The second-order valence-electron chi connectivity index (χ2n) is 4.07. The Balaban J connectivity index is 2.58. The van der Waals surface area contributed by atoms with E-state index >= 15 is 0 Å². The minimum absolute atomic E-state index is 0.0118. The molecule has 0 unspecified atom stereocenters. The van der Waals surface area contributed by atoms with Gasteiger partial charge in [0.05, 0.1) is 5.56 Å². The zero-order valence-corrected chi connectivity index (χ0v) is 11.8. The van der Waals surface area contributed by atoms with Crippen molar-refractivity contribution in [2.24, 2.45) is 0 Å². The van der Waals surface area contributed by atoms with Gasteiger partial charge in [0.25, 0.3) is 5.91 Å². The first-order valence-electron chi connectivity index (χ1n) is 5.41. The Bertz CT molecular complexity index is 440. The Morgan fingerprint density at radius 1 is 1.39 bits per heavy atom. The lowest BCUT2D eigenvalue weighted by Gasteiger charge is -2.09. The summed E-state index contributed by atoms with van der Waals surface area (Å²) in [6.07, 6.45) is 0. The van der Waals surface area contributed by atoms with E-state index in [-0.39, 0.29) is 18.6 Å². The molecule has 3 N–H and O–H groups in total. The van der Waals surface area contributed by atoms with Crippen LogP contribution in [0, 0.1) is 0 Å². The smallest absolute Gasteiger partial charge is 0.338 e. The maximum atomic E-state index is 11.7. The Kier molecular flexibility index (Phi) is 5.15. The van der Waals surface area contributed by atoms with Crippen LogP contribution in [-0.4, -0.2) is 24.5 Å². The molecular formula is C12H15BrN2O3. The number of nitrogens with two attached hydrogens (primary N) is 1. The van der Waals surface area contributed by atoms with Gasteiger partial charge in [-0.25, -0.2) is 4.79 Å². The summed E-state index contributed by atoms with van der Waals surface area (Å²) in [7, 11) is 0. The fraction of sp³-hybridized carbons (Fsp3) is 0.333. The third kappa shape index (κ3) is 4.75. The van der Waals surface area contributed by atoms with Gasteiger partial charge in [0.2, 0.25) is 0 Å². The van der Waals surface area contributed by atoms with E-state index in [9.17, 15) is 9.59 Å². The molecule has 18 heavy (non-hydrogen) atoms. The van der Waals surface area contributed by atoms with Crippen molar-refractivity contribution in [2.75, 3.05) is 12.3 Å². The lowest BCUT2D eigenvalue weighted by Crippen LogP contribution is -2.33. The summed E-state index contributed by atoms with van der Waals surface area (Å²) in [5.74, 6) is -0.914. The van der Waals surface area contributed by atoms with Crippen LogP contribution in [0.3, 0.4) is 0 Å². The number of rotatable bonds is 4. The highest BCUT2D eigenvalue weighted by atomic mass is 79.9. The number of esters is 1. The molecule has 0 aliphatic carbocycles. The molecule has 0 atom stereocenters. The quantitative estimate of drug-likeness (QED) is 0.655. The second kappa shape index (κ2) is 6.39. The van der Waals surface area contributed by atoms with Gasteiger partial charge in [0.15, 0.2) is 6.61 Å². The fourth-order valence-electron chi connectivity index (χ4n) is 1.31. The first-order valence-corrected chi connectivity index (χ1v) is 6.20. The van der Waals surface area contributed by atoms with Crippen LogP contribution < -0.4 is 11.1 Å². The van der Waals surface area contributed by atoms with Crippen LogP contribution in [0.1, 0.15) is 24.2 Å². The summed E-state index contributed by atoms with van der Waals surface area (Å²) in [6.45, 7) is 3.35. The molecule has 0 spiro atoms. The molecule has 1 aromatic carbocycles. The van der Waals surface area contributed by atoms with Gasteiger partial charge in [-0.3, -0.25) is 4.79 Å². The number of anilines is 1. The van der Waals surface area contributed by atoms with Gasteiger partial charge in [-0.1, -0.05) is 15.9 Å². The Morgan fingerprint density at radius 2 is 2.06 bits per heavy atom. The van der Waals surface area contributed by atoms with Gasteiger partial charge in [-0.2, -0.15) is 0 Å². The molecule has 0 fully saturated rings. The Labute approximate surface area is 114 Å². The minimum Gasteiger partial charge on any atom is -0.452 e. The molecule has 0 saturated heterocycles. The highest BCUT2D eigenvalue weighted by molar-refractivity contribution is 9.10. The average Bonchev–Trinajstić information content (AvgIpc) is 2.23. The number of carbonyl (C=O) groups is 2. The number of hydrogen-bond acceptors (Lipinski definition) is 4. The summed E-state index contributed by atoms with van der Waals surface area (Å²) in [6, 6.07) is 4.76. The second-order valence-corrected chi connectivity index (χ2v) is 4.99. The van der Waals surface area contributed by atoms with Crippen molar-refractivity contribution in [3.8, 4) is 0 Å². The summed E-state index contributed by atoms with van der Waals surface area (Å²) >= 11 is 3.23. The van der Waals surface area contributed by atoms with Crippen molar-refractivity contribution in [3.63, 3.8) is 0 Å². The predicted molar refractivity (Wildman–Crippen MR) is 72.1 cm³/mol. The van der Waals surface area contributed by atoms with Crippen molar-refractivity contribution < 1.29 is 14.3 Å². The summed E-state index contributed by atoms with van der Waals surface area (Å²) in [5.41, 5.74) is 6.35. The third-order valence-electron chi connectivity index (χ3n) is 1.94. The van der Waals surface area contributed by atoms with Crippen LogP contribution in [0.25, 0.3) is 0 Å². The molecule has 0 heterocycles. The van der Waals surface area contributed by atoms with Crippen molar-refractivity contribution >= 4 is 33.5 Å². The van der Waals surface area contributed by atoms with Crippen LogP contribution in [-0.2, 0) is 9.53 Å². The molecular weight excluding hydrogens is 300 g/mol. The number of nitrogen functional groups attached to an aromatic ring is 1.